The molecular weight excluding hydrogens is 472 g/mol. The lowest BCUT2D eigenvalue weighted by molar-refractivity contribution is 0.0796. The number of nitrogens with one attached hydrogen (secondary N) is 2. The third kappa shape index (κ3) is 5.79. The van der Waals surface area contributed by atoms with Gasteiger partial charge in [-0.1, -0.05) is 36.4 Å². The van der Waals surface area contributed by atoms with Gasteiger partial charge < -0.3 is 29.8 Å². The standard InChI is InChI=1S/C28H28N4O5/c1-29-14-15-32(2)27(34)19-10-7-11-20(16-19)30-25(18-8-5-4-6-9-18)24-22-13-12-21(37-28(35)36-3)17-23(22)31-26(24)33/h4-13,16-17,29,31,33H,14-15H2,1-3H3. The summed E-state index contributed by atoms with van der Waals surface area (Å²) in [5.74, 6) is 0.0624. The van der Waals surface area contributed by atoms with Gasteiger partial charge in [0, 0.05) is 42.7 Å². The van der Waals surface area contributed by atoms with Gasteiger partial charge in [0.25, 0.3) is 5.91 Å². The van der Waals surface area contributed by atoms with Crippen molar-refractivity contribution in [1.82, 2.24) is 15.2 Å². The zero-order valence-electron chi connectivity index (χ0n) is 20.8. The minimum absolute atomic E-state index is 0.0909. The first-order valence-electron chi connectivity index (χ1n) is 11.7. The van der Waals surface area contributed by atoms with Gasteiger partial charge in [0.1, 0.15) is 5.75 Å². The Bertz CT molecular complexity index is 1450. The van der Waals surface area contributed by atoms with E-state index in [9.17, 15) is 14.7 Å². The number of methoxy groups -OCH3 is 1. The molecule has 0 aliphatic rings. The molecule has 3 aromatic carbocycles. The fourth-order valence-corrected chi connectivity index (χ4v) is 3.90. The van der Waals surface area contributed by atoms with Crippen molar-refractivity contribution in [2.45, 2.75) is 0 Å². The normalized spacial score (nSPS) is 11.4. The molecule has 1 heterocycles. The van der Waals surface area contributed by atoms with E-state index < -0.39 is 6.16 Å². The number of aliphatic imine (C=N–C) groups is 1. The van der Waals surface area contributed by atoms with Crippen LogP contribution >= 0.6 is 0 Å². The summed E-state index contributed by atoms with van der Waals surface area (Å²) in [6.45, 7) is 1.26. The molecule has 4 rings (SSSR count). The predicted octanol–water partition coefficient (Wildman–Crippen LogP) is 4.48. The van der Waals surface area contributed by atoms with E-state index in [0.29, 0.717) is 46.5 Å². The second-order valence-electron chi connectivity index (χ2n) is 8.32. The van der Waals surface area contributed by atoms with Gasteiger partial charge in [0.05, 0.1) is 29.6 Å². The van der Waals surface area contributed by atoms with Gasteiger partial charge in [-0.15, -0.1) is 0 Å². The maximum absolute atomic E-state index is 12.9. The number of hydrogen-bond acceptors (Lipinski definition) is 7. The lowest BCUT2D eigenvalue weighted by Crippen LogP contribution is -2.32. The topological polar surface area (TPSA) is 116 Å². The molecule has 0 unspecified atom stereocenters. The molecule has 0 saturated carbocycles. The summed E-state index contributed by atoms with van der Waals surface area (Å²) in [6.07, 6.45) is -0.840. The monoisotopic (exact) mass is 500 g/mol. The number of benzene rings is 3. The van der Waals surface area contributed by atoms with E-state index in [-0.39, 0.29) is 17.5 Å². The van der Waals surface area contributed by atoms with Gasteiger partial charge in [-0.25, -0.2) is 9.79 Å². The van der Waals surface area contributed by atoms with Gasteiger partial charge in [-0.05, 0) is 37.4 Å². The van der Waals surface area contributed by atoms with Crippen molar-refractivity contribution in [3.63, 3.8) is 0 Å². The molecule has 0 atom stereocenters. The summed E-state index contributed by atoms with van der Waals surface area (Å²) in [5, 5.41) is 14.6. The van der Waals surface area contributed by atoms with E-state index in [1.165, 1.54) is 7.11 Å². The van der Waals surface area contributed by atoms with Crippen molar-refractivity contribution in [1.29, 1.82) is 0 Å². The number of carbonyl (C=O) groups excluding carboxylic acids is 2. The van der Waals surface area contributed by atoms with Crippen LogP contribution < -0.4 is 10.1 Å². The molecule has 9 heteroatoms. The van der Waals surface area contributed by atoms with Crippen molar-refractivity contribution in [3.05, 3.63) is 89.5 Å². The summed E-state index contributed by atoms with van der Waals surface area (Å²) in [6, 6.07) is 21.5. The highest BCUT2D eigenvalue weighted by Crippen LogP contribution is 2.33. The first kappa shape index (κ1) is 25.5. The van der Waals surface area contributed by atoms with E-state index in [1.54, 1.807) is 48.3 Å². The lowest BCUT2D eigenvalue weighted by Gasteiger charge is -2.17. The molecule has 3 N–H and O–H groups in total. The Labute approximate surface area is 214 Å². The second-order valence-corrected chi connectivity index (χ2v) is 8.32. The number of H-pyrrole nitrogens is 1. The van der Waals surface area contributed by atoms with Crippen LogP contribution in [0.1, 0.15) is 21.5 Å². The van der Waals surface area contributed by atoms with Crippen LogP contribution in [0.3, 0.4) is 0 Å². The van der Waals surface area contributed by atoms with Gasteiger partial charge >= 0.3 is 6.16 Å². The molecule has 0 bridgehead atoms. The molecular formula is C28H28N4O5. The minimum Gasteiger partial charge on any atom is -0.494 e. The first-order chi connectivity index (χ1) is 17.9. The van der Waals surface area contributed by atoms with E-state index >= 15 is 0 Å². The molecule has 0 aliphatic carbocycles. The van der Waals surface area contributed by atoms with E-state index in [2.05, 4.69) is 15.0 Å². The molecule has 9 nitrogen and oxygen atoms in total. The van der Waals surface area contributed by atoms with Crippen LogP contribution in [-0.2, 0) is 4.74 Å². The van der Waals surface area contributed by atoms with Crippen molar-refractivity contribution >= 4 is 34.4 Å². The number of fused-ring (bicyclic) bond motifs is 1. The molecule has 1 aromatic heterocycles. The second kappa shape index (κ2) is 11.4. The van der Waals surface area contributed by atoms with Crippen LogP contribution in [0.25, 0.3) is 10.9 Å². The third-order valence-electron chi connectivity index (χ3n) is 5.78. The number of ether oxygens (including phenoxy) is 2. The van der Waals surface area contributed by atoms with Crippen LogP contribution in [0.2, 0.25) is 0 Å². The van der Waals surface area contributed by atoms with Gasteiger partial charge in [0.2, 0.25) is 0 Å². The fourth-order valence-electron chi connectivity index (χ4n) is 3.90. The molecule has 1 amide bonds. The molecule has 190 valence electrons. The van der Waals surface area contributed by atoms with E-state index in [1.807, 2.05) is 43.4 Å². The Morgan fingerprint density at radius 3 is 2.51 bits per heavy atom. The number of rotatable bonds is 8. The van der Waals surface area contributed by atoms with Crippen molar-refractivity contribution in [2.24, 2.45) is 4.99 Å². The third-order valence-corrected chi connectivity index (χ3v) is 5.78. The van der Waals surface area contributed by atoms with Crippen LogP contribution in [0.15, 0.2) is 77.8 Å². The average Bonchev–Trinajstić information content (AvgIpc) is 3.25. The van der Waals surface area contributed by atoms with Gasteiger partial charge in [-0.2, -0.15) is 0 Å². The Balaban J connectivity index is 1.79. The van der Waals surface area contributed by atoms with Gasteiger partial charge in [0.15, 0.2) is 5.88 Å². The Morgan fingerprint density at radius 2 is 1.78 bits per heavy atom. The summed E-state index contributed by atoms with van der Waals surface area (Å²) in [7, 11) is 4.82. The quantitative estimate of drug-likeness (QED) is 0.187. The summed E-state index contributed by atoms with van der Waals surface area (Å²) < 4.78 is 9.66. The number of carbonyl (C=O) groups is 2. The number of aromatic nitrogens is 1. The van der Waals surface area contributed by atoms with E-state index in [4.69, 9.17) is 9.73 Å². The number of hydrogen-bond donors (Lipinski definition) is 3. The number of nitrogens with zero attached hydrogens (tertiary/aromatic N) is 2. The number of amides is 1. The predicted molar refractivity (Wildman–Crippen MR) is 142 cm³/mol. The molecule has 0 saturated heterocycles. The van der Waals surface area contributed by atoms with Crippen molar-refractivity contribution in [3.8, 4) is 11.6 Å². The molecule has 0 fully saturated rings. The zero-order chi connectivity index (χ0) is 26.4. The fraction of sp³-hybridized carbons (Fsp3) is 0.179. The Hall–Kier alpha value is -4.63. The largest absolute Gasteiger partial charge is 0.513 e. The molecule has 0 aliphatic heterocycles. The van der Waals surface area contributed by atoms with Gasteiger partial charge in [-0.3, -0.25) is 4.79 Å². The Morgan fingerprint density at radius 1 is 1.03 bits per heavy atom. The maximum atomic E-state index is 12.9. The highest BCUT2D eigenvalue weighted by Gasteiger charge is 2.20. The minimum atomic E-state index is -0.840. The smallest absolute Gasteiger partial charge is 0.494 e. The first-order valence-corrected chi connectivity index (χ1v) is 11.7. The van der Waals surface area contributed by atoms with Crippen LogP contribution in [0, 0.1) is 0 Å². The number of likely N-dealkylation sites (N-methyl/N-ethyl adjacent to an activating group) is 2. The average molecular weight is 501 g/mol. The van der Waals surface area contributed by atoms with Crippen LogP contribution in [-0.4, -0.2) is 67.1 Å². The van der Waals surface area contributed by atoms with Crippen LogP contribution in [0.4, 0.5) is 10.5 Å². The Kier molecular flexibility index (Phi) is 7.85. The lowest BCUT2D eigenvalue weighted by atomic mass is 10.0. The molecule has 37 heavy (non-hydrogen) atoms. The summed E-state index contributed by atoms with van der Waals surface area (Å²) >= 11 is 0. The highest BCUT2D eigenvalue weighted by atomic mass is 16.7. The van der Waals surface area contributed by atoms with Crippen molar-refractivity contribution in [2.75, 3.05) is 34.3 Å². The molecule has 4 aromatic rings. The zero-order valence-corrected chi connectivity index (χ0v) is 20.8. The summed E-state index contributed by atoms with van der Waals surface area (Å²) in [5.41, 5.74) is 3.39. The van der Waals surface area contributed by atoms with Crippen LogP contribution in [0.5, 0.6) is 11.6 Å². The SMILES string of the molecule is CNCCN(C)C(=O)c1cccc(N=C(c2ccccc2)c2c(O)[nH]c3cc(OC(=O)OC)ccc23)c1. The van der Waals surface area contributed by atoms with Crippen molar-refractivity contribution < 1.29 is 24.2 Å². The number of aromatic hydroxyl groups is 1. The number of aromatic amines is 1. The molecule has 0 spiro atoms. The maximum Gasteiger partial charge on any atom is 0.513 e. The molecule has 0 radical (unpaired) electrons. The highest BCUT2D eigenvalue weighted by molar-refractivity contribution is 6.22. The summed E-state index contributed by atoms with van der Waals surface area (Å²) in [4.78, 5) is 33.9. The van der Waals surface area contributed by atoms with E-state index in [0.717, 1.165) is 5.56 Å².